The van der Waals surface area contributed by atoms with Gasteiger partial charge >= 0.3 is 0 Å². The number of nitrogens with one attached hydrogen (secondary N) is 2. The first-order valence-corrected chi connectivity index (χ1v) is 10.5. The van der Waals surface area contributed by atoms with Crippen molar-refractivity contribution in [3.8, 4) is 0 Å². The fourth-order valence-corrected chi connectivity index (χ4v) is 4.05. The highest BCUT2D eigenvalue weighted by Gasteiger charge is 2.23. The molecule has 1 heterocycles. The Morgan fingerprint density at radius 3 is 2.43 bits per heavy atom. The van der Waals surface area contributed by atoms with Gasteiger partial charge in [-0.1, -0.05) is 54.6 Å². The lowest BCUT2D eigenvalue weighted by Crippen LogP contribution is -2.46. The quantitative estimate of drug-likeness (QED) is 0.680. The van der Waals surface area contributed by atoms with Gasteiger partial charge in [0, 0.05) is 35.8 Å². The number of carbonyl (C=O) groups excluding carboxylic acids is 2. The van der Waals surface area contributed by atoms with Crippen molar-refractivity contribution in [3.05, 3.63) is 77.9 Å². The molecule has 1 aliphatic rings. The van der Waals surface area contributed by atoms with Gasteiger partial charge in [-0.15, -0.1) is 0 Å². The van der Waals surface area contributed by atoms with E-state index in [9.17, 15) is 9.59 Å². The summed E-state index contributed by atoms with van der Waals surface area (Å²) in [4.78, 5) is 27.2. The molecule has 0 atom stereocenters. The predicted molar refractivity (Wildman–Crippen MR) is 121 cm³/mol. The highest BCUT2D eigenvalue weighted by atomic mass is 16.2. The molecule has 30 heavy (non-hydrogen) atoms. The van der Waals surface area contributed by atoms with E-state index in [-0.39, 0.29) is 17.9 Å². The number of likely N-dealkylation sites (tertiary alicyclic amines) is 1. The number of nitrogens with zero attached hydrogens (tertiary/aromatic N) is 1. The maximum atomic E-state index is 12.6. The minimum atomic E-state index is -0.0137. The zero-order valence-electron chi connectivity index (χ0n) is 17.2. The number of carbonyl (C=O) groups is 2. The Labute approximate surface area is 177 Å². The molecule has 4 rings (SSSR count). The molecule has 2 amide bonds. The molecule has 3 aromatic carbocycles. The van der Waals surface area contributed by atoms with Crippen LogP contribution in [0.1, 0.15) is 28.8 Å². The highest BCUT2D eigenvalue weighted by molar-refractivity contribution is 6.02. The molecule has 0 aliphatic carbocycles. The standard InChI is InChI=1S/C25H27N3O2/c1-18-7-2-4-10-21(18)25(30)26-20-13-15-28(16-14-20)17-24(29)27-23-12-6-9-19-8-3-5-11-22(19)23/h2-12,20H,13-17H2,1H3,(H,26,30)(H,27,29). The van der Waals surface area contributed by atoms with Crippen LogP contribution < -0.4 is 10.6 Å². The Morgan fingerprint density at radius 2 is 1.63 bits per heavy atom. The first-order chi connectivity index (χ1) is 14.6. The summed E-state index contributed by atoms with van der Waals surface area (Å²) in [6, 6.07) is 21.8. The van der Waals surface area contributed by atoms with Gasteiger partial charge in [0.1, 0.15) is 0 Å². The van der Waals surface area contributed by atoms with E-state index in [2.05, 4.69) is 15.5 Å². The van der Waals surface area contributed by atoms with Gasteiger partial charge in [-0.05, 0) is 42.8 Å². The molecule has 0 bridgehead atoms. The number of hydrogen-bond acceptors (Lipinski definition) is 3. The van der Waals surface area contributed by atoms with Crippen molar-refractivity contribution < 1.29 is 9.59 Å². The smallest absolute Gasteiger partial charge is 0.251 e. The zero-order chi connectivity index (χ0) is 20.9. The summed E-state index contributed by atoms with van der Waals surface area (Å²) in [6.07, 6.45) is 1.69. The van der Waals surface area contributed by atoms with Crippen LogP contribution in [0.4, 0.5) is 5.69 Å². The molecule has 2 N–H and O–H groups in total. The fraction of sp³-hybridized carbons (Fsp3) is 0.280. The third kappa shape index (κ3) is 4.69. The average Bonchev–Trinajstić information content (AvgIpc) is 2.75. The van der Waals surface area contributed by atoms with Crippen LogP contribution in [-0.2, 0) is 4.79 Å². The van der Waals surface area contributed by atoms with Crippen molar-refractivity contribution in [1.82, 2.24) is 10.2 Å². The first-order valence-electron chi connectivity index (χ1n) is 10.5. The van der Waals surface area contributed by atoms with E-state index in [1.54, 1.807) is 0 Å². The van der Waals surface area contributed by atoms with Crippen molar-refractivity contribution in [1.29, 1.82) is 0 Å². The molecule has 0 aromatic heterocycles. The van der Waals surface area contributed by atoms with Crippen molar-refractivity contribution in [2.24, 2.45) is 0 Å². The van der Waals surface area contributed by atoms with Crippen LogP contribution in [0.25, 0.3) is 10.8 Å². The first kappa shape index (κ1) is 20.1. The van der Waals surface area contributed by atoms with Crippen molar-refractivity contribution in [3.63, 3.8) is 0 Å². The molecule has 0 saturated carbocycles. The third-order valence-electron chi connectivity index (χ3n) is 5.74. The molecule has 0 radical (unpaired) electrons. The maximum Gasteiger partial charge on any atom is 0.251 e. The van der Waals surface area contributed by atoms with Gasteiger partial charge in [0.2, 0.25) is 5.91 Å². The van der Waals surface area contributed by atoms with Crippen molar-refractivity contribution in [2.45, 2.75) is 25.8 Å². The second kappa shape index (κ2) is 9.09. The van der Waals surface area contributed by atoms with Crippen LogP contribution in [0.2, 0.25) is 0 Å². The minimum absolute atomic E-state index is 0.00579. The van der Waals surface area contributed by atoms with E-state index in [1.165, 1.54) is 0 Å². The van der Waals surface area contributed by atoms with Gasteiger partial charge in [-0.2, -0.15) is 0 Å². The molecule has 5 nitrogen and oxygen atoms in total. The Balaban J connectivity index is 1.28. The highest BCUT2D eigenvalue weighted by Crippen LogP contribution is 2.23. The summed E-state index contributed by atoms with van der Waals surface area (Å²) < 4.78 is 0. The number of aryl methyl sites for hydroxylation is 1. The van der Waals surface area contributed by atoms with Crippen molar-refractivity contribution in [2.75, 3.05) is 25.0 Å². The number of fused-ring (bicyclic) bond motifs is 1. The van der Waals surface area contributed by atoms with Crippen LogP contribution in [0.15, 0.2) is 66.7 Å². The maximum absolute atomic E-state index is 12.6. The SMILES string of the molecule is Cc1ccccc1C(=O)NC1CCN(CC(=O)Nc2cccc3ccccc23)CC1. The predicted octanol–water partition coefficient (Wildman–Crippen LogP) is 3.98. The van der Waals surface area contributed by atoms with Crippen LogP contribution in [0.5, 0.6) is 0 Å². The van der Waals surface area contributed by atoms with Gasteiger partial charge < -0.3 is 10.6 Å². The molecule has 1 aliphatic heterocycles. The number of hydrogen-bond donors (Lipinski definition) is 2. The Kier molecular flexibility index (Phi) is 6.10. The monoisotopic (exact) mass is 401 g/mol. The summed E-state index contributed by atoms with van der Waals surface area (Å²) in [5.74, 6) is -0.0194. The lowest BCUT2D eigenvalue weighted by atomic mass is 10.0. The molecule has 5 heteroatoms. The normalized spacial score (nSPS) is 15.1. The van der Waals surface area contributed by atoms with Crippen LogP contribution in [0.3, 0.4) is 0 Å². The largest absolute Gasteiger partial charge is 0.349 e. The van der Waals surface area contributed by atoms with E-state index in [0.717, 1.165) is 53.5 Å². The van der Waals surface area contributed by atoms with Gasteiger partial charge in [0.25, 0.3) is 5.91 Å². The molecule has 3 aromatic rings. The Hall–Kier alpha value is -3.18. The van der Waals surface area contributed by atoms with Gasteiger partial charge in [0.15, 0.2) is 0 Å². The molecule has 0 spiro atoms. The number of anilines is 1. The Morgan fingerprint density at radius 1 is 0.933 bits per heavy atom. The van der Waals surface area contributed by atoms with Gasteiger partial charge in [0.05, 0.1) is 6.54 Å². The minimum Gasteiger partial charge on any atom is -0.349 e. The third-order valence-corrected chi connectivity index (χ3v) is 5.74. The molecule has 0 unspecified atom stereocenters. The number of amides is 2. The second-order valence-electron chi connectivity index (χ2n) is 7.91. The molecular weight excluding hydrogens is 374 g/mol. The summed E-state index contributed by atoms with van der Waals surface area (Å²) in [5, 5.41) is 8.36. The summed E-state index contributed by atoms with van der Waals surface area (Å²) >= 11 is 0. The van der Waals surface area contributed by atoms with Crippen LogP contribution >= 0.6 is 0 Å². The number of benzene rings is 3. The van der Waals surface area contributed by atoms with Crippen LogP contribution in [0, 0.1) is 6.92 Å². The van der Waals surface area contributed by atoms with E-state index in [4.69, 9.17) is 0 Å². The molecular formula is C25H27N3O2. The lowest BCUT2D eigenvalue weighted by Gasteiger charge is -2.32. The summed E-state index contributed by atoms with van der Waals surface area (Å²) in [5.41, 5.74) is 2.56. The molecule has 1 saturated heterocycles. The van der Waals surface area contributed by atoms with E-state index >= 15 is 0 Å². The van der Waals surface area contributed by atoms with Crippen LogP contribution in [-0.4, -0.2) is 42.4 Å². The Bertz CT molecular complexity index is 1050. The number of piperidine rings is 1. The second-order valence-corrected chi connectivity index (χ2v) is 7.91. The molecule has 1 fully saturated rings. The molecule has 154 valence electrons. The van der Waals surface area contributed by atoms with Crippen molar-refractivity contribution >= 4 is 28.3 Å². The number of rotatable bonds is 5. The van der Waals surface area contributed by atoms with Gasteiger partial charge in [-0.25, -0.2) is 0 Å². The topological polar surface area (TPSA) is 61.4 Å². The van der Waals surface area contributed by atoms with E-state index in [1.807, 2.05) is 73.7 Å². The summed E-state index contributed by atoms with van der Waals surface area (Å²) in [6.45, 7) is 3.90. The zero-order valence-corrected chi connectivity index (χ0v) is 17.2. The lowest BCUT2D eigenvalue weighted by molar-refractivity contribution is -0.117. The fourth-order valence-electron chi connectivity index (χ4n) is 4.05. The summed E-state index contributed by atoms with van der Waals surface area (Å²) in [7, 11) is 0. The van der Waals surface area contributed by atoms with E-state index < -0.39 is 0 Å². The van der Waals surface area contributed by atoms with E-state index in [0.29, 0.717) is 6.54 Å². The van der Waals surface area contributed by atoms with Gasteiger partial charge in [-0.3, -0.25) is 14.5 Å². The average molecular weight is 402 g/mol.